The third kappa shape index (κ3) is 8.43. The second-order valence-corrected chi connectivity index (χ2v) is 4.32. The lowest BCUT2D eigenvalue weighted by Gasteiger charge is -2.11. The van der Waals surface area contributed by atoms with Gasteiger partial charge >= 0.3 is 6.18 Å². The van der Waals surface area contributed by atoms with Gasteiger partial charge in [0.15, 0.2) is 0 Å². The van der Waals surface area contributed by atoms with Gasteiger partial charge in [0, 0.05) is 3.92 Å². The van der Waals surface area contributed by atoms with E-state index >= 15 is 0 Å². The van der Waals surface area contributed by atoms with Crippen molar-refractivity contribution < 1.29 is 13.2 Å². The Morgan fingerprint density at radius 3 is 2.27 bits per heavy atom. The normalized spacial score (nSPS) is 15.0. The van der Waals surface area contributed by atoms with Gasteiger partial charge in [-0.25, -0.2) is 0 Å². The molecule has 68 valence electrons. The highest BCUT2D eigenvalue weighted by Crippen LogP contribution is 2.27. The van der Waals surface area contributed by atoms with E-state index in [0.717, 1.165) is 12.8 Å². The molecule has 0 N–H and O–H groups in total. The van der Waals surface area contributed by atoms with Crippen molar-refractivity contribution in [1.82, 2.24) is 0 Å². The molecule has 0 heterocycles. The maximum atomic E-state index is 11.7. The van der Waals surface area contributed by atoms with Crippen molar-refractivity contribution in [1.29, 1.82) is 0 Å². The number of hydrogen-bond donors (Lipinski definition) is 0. The lowest BCUT2D eigenvalue weighted by Crippen LogP contribution is -2.14. The van der Waals surface area contributed by atoms with Crippen molar-refractivity contribution >= 4 is 22.6 Å². The van der Waals surface area contributed by atoms with Crippen LogP contribution < -0.4 is 0 Å². The number of rotatable bonds is 4. The van der Waals surface area contributed by atoms with Crippen molar-refractivity contribution in [2.24, 2.45) is 0 Å². The summed E-state index contributed by atoms with van der Waals surface area (Å²) in [4.78, 5) is 0. The van der Waals surface area contributed by atoms with Gasteiger partial charge in [0.25, 0.3) is 0 Å². The predicted molar refractivity (Wildman–Crippen MR) is 48.0 cm³/mol. The second kappa shape index (κ2) is 5.22. The first kappa shape index (κ1) is 11.5. The van der Waals surface area contributed by atoms with E-state index in [9.17, 15) is 13.2 Å². The molecule has 0 rings (SSSR count). The van der Waals surface area contributed by atoms with E-state index in [0.29, 0.717) is 6.42 Å². The van der Waals surface area contributed by atoms with Crippen molar-refractivity contribution in [2.45, 2.75) is 42.7 Å². The average Bonchev–Trinajstić information content (AvgIpc) is 1.79. The van der Waals surface area contributed by atoms with E-state index in [1.165, 1.54) is 0 Å². The molecule has 0 saturated heterocycles. The summed E-state index contributed by atoms with van der Waals surface area (Å²) < 4.78 is 34.9. The van der Waals surface area contributed by atoms with Gasteiger partial charge in [0.05, 0.1) is 6.42 Å². The van der Waals surface area contributed by atoms with Gasteiger partial charge in [0.2, 0.25) is 0 Å². The number of unbranched alkanes of at least 4 members (excludes halogenated alkanes) is 1. The van der Waals surface area contributed by atoms with Crippen LogP contribution in [-0.2, 0) is 0 Å². The molecule has 4 heteroatoms. The van der Waals surface area contributed by atoms with Crippen LogP contribution in [0.2, 0.25) is 0 Å². The van der Waals surface area contributed by atoms with Gasteiger partial charge < -0.3 is 0 Å². The minimum atomic E-state index is -3.99. The van der Waals surface area contributed by atoms with E-state index in [1.807, 2.05) is 29.5 Å². The van der Waals surface area contributed by atoms with Gasteiger partial charge in [0.1, 0.15) is 0 Å². The van der Waals surface area contributed by atoms with Crippen LogP contribution in [0.15, 0.2) is 0 Å². The molecule has 0 fully saturated rings. The fourth-order valence-electron chi connectivity index (χ4n) is 0.779. The Morgan fingerprint density at radius 2 is 1.91 bits per heavy atom. The molecule has 0 unspecified atom stereocenters. The minimum absolute atomic E-state index is 0.243. The number of alkyl halides is 4. The summed E-state index contributed by atoms with van der Waals surface area (Å²) in [5, 5.41) is 0. The van der Waals surface area contributed by atoms with E-state index in [4.69, 9.17) is 0 Å². The lowest BCUT2D eigenvalue weighted by molar-refractivity contribution is -0.133. The molecule has 0 spiro atoms. The zero-order valence-electron chi connectivity index (χ0n) is 6.42. The fourth-order valence-corrected chi connectivity index (χ4v) is 1.72. The fraction of sp³-hybridized carbons (Fsp3) is 1.00. The van der Waals surface area contributed by atoms with Crippen LogP contribution in [0.3, 0.4) is 0 Å². The van der Waals surface area contributed by atoms with E-state index < -0.39 is 12.6 Å². The van der Waals surface area contributed by atoms with E-state index in [1.54, 1.807) is 0 Å². The van der Waals surface area contributed by atoms with Crippen LogP contribution in [0, 0.1) is 0 Å². The van der Waals surface area contributed by atoms with E-state index in [-0.39, 0.29) is 3.92 Å². The average molecular weight is 280 g/mol. The molecular formula is C7H12F3I. The summed E-state index contributed by atoms with van der Waals surface area (Å²) >= 11 is 1.87. The van der Waals surface area contributed by atoms with Crippen LogP contribution in [0.25, 0.3) is 0 Å². The lowest BCUT2D eigenvalue weighted by atomic mass is 10.1. The van der Waals surface area contributed by atoms with E-state index in [2.05, 4.69) is 0 Å². The summed E-state index contributed by atoms with van der Waals surface area (Å²) in [6.45, 7) is 1.98. The standard InChI is InChI=1S/C7H12F3I/c1-2-3-4-6(11)5-7(8,9)10/h6H,2-5H2,1H3/t6-/m0/s1. The van der Waals surface area contributed by atoms with Gasteiger partial charge in [-0.05, 0) is 6.42 Å². The SMILES string of the molecule is CCCC[C@H](I)CC(F)(F)F. The summed E-state index contributed by atoms with van der Waals surface area (Å²) in [5.41, 5.74) is 0. The Balaban J connectivity index is 3.44. The van der Waals surface area contributed by atoms with Gasteiger partial charge in [-0.2, -0.15) is 13.2 Å². The first-order valence-electron chi connectivity index (χ1n) is 3.66. The molecule has 0 aromatic heterocycles. The molecule has 0 aliphatic carbocycles. The molecular weight excluding hydrogens is 268 g/mol. The molecule has 0 aromatic rings. The van der Waals surface area contributed by atoms with Crippen LogP contribution >= 0.6 is 22.6 Å². The Hall–Kier alpha value is 0.520. The molecule has 0 aliphatic heterocycles. The van der Waals surface area contributed by atoms with Gasteiger partial charge in [-0.1, -0.05) is 42.4 Å². The second-order valence-electron chi connectivity index (χ2n) is 2.56. The maximum Gasteiger partial charge on any atom is 0.390 e. The Bertz CT molecular complexity index is 100. The van der Waals surface area contributed by atoms with Gasteiger partial charge in [-0.3, -0.25) is 0 Å². The monoisotopic (exact) mass is 280 g/mol. The molecule has 0 saturated carbocycles. The Kier molecular flexibility index (Phi) is 5.46. The molecule has 0 radical (unpaired) electrons. The highest BCUT2D eigenvalue weighted by atomic mass is 127. The molecule has 11 heavy (non-hydrogen) atoms. The third-order valence-corrected chi connectivity index (χ3v) is 2.39. The van der Waals surface area contributed by atoms with Crippen molar-refractivity contribution in [3.8, 4) is 0 Å². The molecule has 0 aromatic carbocycles. The Labute approximate surface area is 78.7 Å². The molecule has 0 aliphatic rings. The number of halogens is 4. The minimum Gasteiger partial charge on any atom is -0.171 e. The van der Waals surface area contributed by atoms with Crippen LogP contribution in [0.1, 0.15) is 32.6 Å². The predicted octanol–water partition coefficient (Wildman–Crippen LogP) is 3.93. The van der Waals surface area contributed by atoms with Crippen molar-refractivity contribution in [3.63, 3.8) is 0 Å². The summed E-state index contributed by atoms with van der Waals surface area (Å²) in [7, 11) is 0. The van der Waals surface area contributed by atoms with Crippen molar-refractivity contribution in [2.75, 3.05) is 0 Å². The zero-order chi connectivity index (χ0) is 8.91. The highest BCUT2D eigenvalue weighted by Gasteiger charge is 2.30. The summed E-state index contributed by atoms with van der Waals surface area (Å²) in [6, 6.07) is 0. The first-order valence-corrected chi connectivity index (χ1v) is 4.91. The largest absolute Gasteiger partial charge is 0.390 e. The quantitative estimate of drug-likeness (QED) is 0.540. The topological polar surface area (TPSA) is 0 Å². The first-order chi connectivity index (χ1) is 4.95. The van der Waals surface area contributed by atoms with Crippen LogP contribution in [0.5, 0.6) is 0 Å². The maximum absolute atomic E-state index is 11.7. The molecule has 1 atom stereocenters. The third-order valence-electron chi connectivity index (χ3n) is 1.32. The molecule has 0 bridgehead atoms. The molecule has 0 amide bonds. The van der Waals surface area contributed by atoms with Crippen LogP contribution in [-0.4, -0.2) is 10.1 Å². The highest BCUT2D eigenvalue weighted by molar-refractivity contribution is 14.1. The molecule has 0 nitrogen and oxygen atoms in total. The summed E-state index contributed by atoms with van der Waals surface area (Å²) in [6.07, 6.45) is -2.09. The van der Waals surface area contributed by atoms with Crippen LogP contribution in [0.4, 0.5) is 13.2 Å². The van der Waals surface area contributed by atoms with Gasteiger partial charge in [-0.15, -0.1) is 0 Å². The summed E-state index contributed by atoms with van der Waals surface area (Å²) in [5.74, 6) is 0. The number of hydrogen-bond acceptors (Lipinski definition) is 0. The zero-order valence-corrected chi connectivity index (χ0v) is 8.58. The smallest absolute Gasteiger partial charge is 0.171 e. The van der Waals surface area contributed by atoms with Crippen molar-refractivity contribution in [3.05, 3.63) is 0 Å². The Morgan fingerprint density at radius 1 is 1.36 bits per heavy atom.